The molecule has 2 aliphatic rings. The molecule has 0 atom stereocenters. The van der Waals surface area contributed by atoms with Crippen molar-refractivity contribution < 1.29 is 9.85 Å². The normalized spacial score (nSPS) is 17.8. The Morgan fingerprint density at radius 2 is 1.73 bits per heavy atom. The monoisotopic (exact) mass is 301 g/mol. The number of nitro benzene ring substituents is 1. The van der Waals surface area contributed by atoms with Crippen LogP contribution in [0.5, 0.6) is 0 Å². The molecule has 3 rings (SSSR count). The average Bonchev–Trinajstić information content (AvgIpc) is 2.53. The van der Waals surface area contributed by atoms with Gasteiger partial charge in [0.25, 0.3) is 11.4 Å². The van der Waals surface area contributed by atoms with Crippen LogP contribution in [0.2, 0.25) is 0 Å². The number of hydrogen-bond donors (Lipinski definition) is 0. The quantitative estimate of drug-likeness (QED) is 0.630. The number of anilines is 1. The summed E-state index contributed by atoms with van der Waals surface area (Å²) in [6.07, 6.45) is 4.70. The van der Waals surface area contributed by atoms with Crippen LogP contribution in [0.15, 0.2) is 47.3 Å². The lowest BCUT2D eigenvalue weighted by Crippen LogP contribution is -2.31. The lowest BCUT2D eigenvalue weighted by Gasteiger charge is -2.34. The SMILES string of the molecule is O=[N+]([O-])C1=C2CCCN(c3ccc([N+](=O)[O-])cc3)C2=CCC1. The van der Waals surface area contributed by atoms with Gasteiger partial charge in [0.05, 0.1) is 9.85 Å². The molecule has 1 saturated heterocycles. The summed E-state index contributed by atoms with van der Waals surface area (Å²) in [5.74, 6) is 0. The van der Waals surface area contributed by atoms with Crippen molar-refractivity contribution in [1.82, 2.24) is 0 Å². The molecule has 0 amide bonds. The van der Waals surface area contributed by atoms with E-state index < -0.39 is 4.92 Å². The molecule has 1 aliphatic heterocycles. The molecule has 1 aromatic rings. The predicted octanol–water partition coefficient (Wildman–Crippen LogP) is 3.40. The molecule has 0 saturated carbocycles. The van der Waals surface area contributed by atoms with Gasteiger partial charge < -0.3 is 4.90 Å². The largest absolute Gasteiger partial charge is 0.341 e. The fourth-order valence-electron chi connectivity index (χ4n) is 3.07. The van der Waals surface area contributed by atoms with Crippen LogP contribution in [0, 0.1) is 20.2 Å². The molecule has 0 aromatic heterocycles. The van der Waals surface area contributed by atoms with Crippen molar-refractivity contribution in [2.24, 2.45) is 0 Å². The smallest absolute Gasteiger partial charge is 0.269 e. The fourth-order valence-corrected chi connectivity index (χ4v) is 3.07. The number of hydrogen-bond acceptors (Lipinski definition) is 5. The van der Waals surface area contributed by atoms with Crippen molar-refractivity contribution >= 4 is 11.4 Å². The summed E-state index contributed by atoms with van der Waals surface area (Å²) in [7, 11) is 0. The van der Waals surface area contributed by atoms with E-state index >= 15 is 0 Å². The molecule has 1 aromatic carbocycles. The van der Waals surface area contributed by atoms with E-state index in [1.165, 1.54) is 12.1 Å². The first-order valence-corrected chi connectivity index (χ1v) is 7.17. The summed E-state index contributed by atoms with van der Waals surface area (Å²) >= 11 is 0. The Balaban J connectivity index is 1.96. The molecule has 7 heteroatoms. The number of benzene rings is 1. The number of nitro groups is 2. The molecule has 1 fully saturated rings. The van der Waals surface area contributed by atoms with Crippen molar-refractivity contribution in [1.29, 1.82) is 0 Å². The summed E-state index contributed by atoms with van der Waals surface area (Å²) in [5.41, 5.74) is 2.88. The van der Waals surface area contributed by atoms with Crippen molar-refractivity contribution in [2.75, 3.05) is 11.4 Å². The topological polar surface area (TPSA) is 89.5 Å². The van der Waals surface area contributed by atoms with Crippen LogP contribution in [0.25, 0.3) is 0 Å². The average molecular weight is 301 g/mol. The summed E-state index contributed by atoms with van der Waals surface area (Å²) in [6, 6.07) is 6.32. The third-order valence-corrected chi connectivity index (χ3v) is 4.07. The standard InChI is InChI=1S/C15H15N3O4/c19-17(20)12-8-6-11(7-9-12)16-10-2-3-13-14(16)4-1-5-15(13)18(21)22/h4,6-9H,1-3,5,10H2. The molecule has 0 unspecified atom stereocenters. The zero-order chi connectivity index (χ0) is 15.7. The molecular formula is C15H15N3O4. The number of non-ortho nitro benzene ring substituents is 1. The first kappa shape index (κ1) is 14.2. The van der Waals surface area contributed by atoms with Crippen molar-refractivity contribution in [3.63, 3.8) is 0 Å². The van der Waals surface area contributed by atoms with Crippen LogP contribution in [-0.2, 0) is 0 Å². The zero-order valence-corrected chi connectivity index (χ0v) is 11.9. The van der Waals surface area contributed by atoms with Crippen LogP contribution < -0.4 is 4.90 Å². The predicted molar refractivity (Wildman–Crippen MR) is 81.0 cm³/mol. The summed E-state index contributed by atoms with van der Waals surface area (Å²) < 4.78 is 0. The Hall–Kier alpha value is -2.70. The van der Waals surface area contributed by atoms with Gasteiger partial charge in [0.15, 0.2) is 0 Å². The van der Waals surface area contributed by atoms with Crippen molar-refractivity contribution in [2.45, 2.75) is 25.7 Å². The van der Waals surface area contributed by atoms with Gasteiger partial charge in [-0.05, 0) is 31.4 Å². The highest BCUT2D eigenvalue weighted by molar-refractivity contribution is 5.61. The molecule has 0 bridgehead atoms. The maximum absolute atomic E-state index is 11.2. The Bertz CT molecular complexity index is 691. The molecule has 0 spiro atoms. The van der Waals surface area contributed by atoms with E-state index in [2.05, 4.69) is 0 Å². The Morgan fingerprint density at radius 3 is 2.36 bits per heavy atom. The minimum absolute atomic E-state index is 0.0418. The highest BCUT2D eigenvalue weighted by Gasteiger charge is 2.31. The van der Waals surface area contributed by atoms with E-state index in [0.29, 0.717) is 25.0 Å². The molecule has 0 radical (unpaired) electrons. The Labute approximate surface area is 126 Å². The molecule has 1 heterocycles. The number of rotatable bonds is 3. The lowest BCUT2D eigenvalue weighted by atomic mass is 9.91. The highest BCUT2D eigenvalue weighted by Crippen LogP contribution is 2.37. The van der Waals surface area contributed by atoms with Crippen LogP contribution in [-0.4, -0.2) is 16.4 Å². The van der Waals surface area contributed by atoms with Gasteiger partial charge >= 0.3 is 0 Å². The molecule has 1 aliphatic carbocycles. The van der Waals surface area contributed by atoms with Crippen molar-refractivity contribution in [3.8, 4) is 0 Å². The van der Waals surface area contributed by atoms with Crippen LogP contribution >= 0.6 is 0 Å². The van der Waals surface area contributed by atoms with Crippen LogP contribution in [0.1, 0.15) is 25.7 Å². The molecule has 22 heavy (non-hydrogen) atoms. The van der Waals surface area contributed by atoms with E-state index in [4.69, 9.17) is 0 Å². The first-order valence-electron chi connectivity index (χ1n) is 7.17. The van der Waals surface area contributed by atoms with Crippen LogP contribution in [0.3, 0.4) is 0 Å². The first-order chi connectivity index (χ1) is 10.6. The molecule has 7 nitrogen and oxygen atoms in total. The van der Waals surface area contributed by atoms with E-state index in [-0.39, 0.29) is 10.6 Å². The summed E-state index contributed by atoms with van der Waals surface area (Å²) in [6.45, 7) is 0.762. The maximum atomic E-state index is 11.2. The molecule has 114 valence electrons. The lowest BCUT2D eigenvalue weighted by molar-refractivity contribution is -0.429. The van der Waals surface area contributed by atoms with Gasteiger partial charge in [-0.3, -0.25) is 20.2 Å². The van der Waals surface area contributed by atoms with Gasteiger partial charge in [-0.15, -0.1) is 0 Å². The third kappa shape index (κ3) is 2.45. The Kier molecular flexibility index (Phi) is 3.62. The van der Waals surface area contributed by atoms with Gasteiger partial charge in [0.2, 0.25) is 0 Å². The minimum atomic E-state index is -0.434. The van der Waals surface area contributed by atoms with E-state index in [1.807, 2.05) is 11.0 Å². The highest BCUT2D eigenvalue weighted by atomic mass is 16.6. The maximum Gasteiger partial charge on any atom is 0.269 e. The Morgan fingerprint density at radius 1 is 1.00 bits per heavy atom. The number of fused-ring (bicyclic) bond motifs is 1. The second-order valence-corrected chi connectivity index (χ2v) is 5.34. The van der Waals surface area contributed by atoms with Gasteiger partial charge in [0.1, 0.15) is 0 Å². The third-order valence-electron chi connectivity index (χ3n) is 4.07. The molecule has 0 N–H and O–H groups in total. The minimum Gasteiger partial charge on any atom is -0.341 e. The zero-order valence-electron chi connectivity index (χ0n) is 11.9. The number of allylic oxidation sites excluding steroid dienone is 3. The van der Waals surface area contributed by atoms with Gasteiger partial charge in [-0.2, -0.15) is 0 Å². The summed E-state index contributed by atoms with van der Waals surface area (Å²) in [4.78, 5) is 23.2. The van der Waals surface area contributed by atoms with Crippen LogP contribution in [0.4, 0.5) is 11.4 Å². The number of nitrogens with zero attached hydrogens (tertiary/aromatic N) is 3. The van der Waals surface area contributed by atoms with Crippen molar-refractivity contribution in [3.05, 3.63) is 67.5 Å². The second-order valence-electron chi connectivity index (χ2n) is 5.34. The van der Waals surface area contributed by atoms with Gasteiger partial charge in [-0.1, -0.05) is 6.08 Å². The summed E-state index contributed by atoms with van der Waals surface area (Å²) in [5, 5.41) is 21.9. The molecular weight excluding hydrogens is 286 g/mol. The van der Waals surface area contributed by atoms with Gasteiger partial charge in [0, 0.05) is 42.1 Å². The fraction of sp³-hybridized carbons (Fsp3) is 0.333. The van der Waals surface area contributed by atoms with E-state index in [1.54, 1.807) is 12.1 Å². The van der Waals surface area contributed by atoms with Gasteiger partial charge in [-0.25, -0.2) is 0 Å². The van der Waals surface area contributed by atoms with E-state index in [0.717, 1.165) is 29.9 Å². The van der Waals surface area contributed by atoms with E-state index in [9.17, 15) is 20.2 Å². The second kappa shape index (κ2) is 5.59. The number of piperidine rings is 1.